The van der Waals surface area contributed by atoms with Crippen molar-refractivity contribution in [2.45, 2.75) is 37.7 Å². The quantitative estimate of drug-likeness (QED) is 0.833. The van der Waals surface area contributed by atoms with Gasteiger partial charge < -0.3 is 14.6 Å². The summed E-state index contributed by atoms with van der Waals surface area (Å²) in [4.78, 5) is 11.8. The second-order valence-electron chi connectivity index (χ2n) is 5.08. The Morgan fingerprint density at radius 1 is 1.42 bits per heavy atom. The fourth-order valence-corrected chi connectivity index (χ4v) is 1.88. The van der Waals surface area contributed by atoms with Crippen molar-refractivity contribution >= 4 is 17.2 Å². The highest BCUT2D eigenvalue weighted by atomic mass is 32.2. The van der Waals surface area contributed by atoms with E-state index in [2.05, 4.69) is 5.32 Å². The average Bonchev–Trinajstić information content (AvgIpc) is 2.27. The number of nitrogens with one attached hydrogen (secondary N) is 1. The lowest BCUT2D eigenvalue weighted by Gasteiger charge is -2.19. The summed E-state index contributed by atoms with van der Waals surface area (Å²) in [7, 11) is 0. The van der Waals surface area contributed by atoms with Gasteiger partial charge in [0.2, 0.25) is 0 Å². The molecule has 0 fully saturated rings. The van der Waals surface area contributed by atoms with E-state index in [9.17, 15) is 9.00 Å². The molecule has 6 heteroatoms. The maximum atomic E-state index is 11.4. The Morgan fingerprint density at radius 2 is 2.11 bits per heavy atom. The fraction of sp³-hybridized carbons (Fsp3) is 0.462. The molecule has 19 heavy (non-hydrogen) atoms. The van der Waals surface area contributed by atoms with E-state index in [-0.39, 0.29) is 0 Å². The highest BCUT2D eigenvalue weighted by molar-refractivity contribution is 7.79. The highest BCUT2D eigenvalue weighted by Crippen LogP contribution is 2.09. The Balaban J connectivity index is 2.43. The van der Waals surface area contributed by atoms with Gasteiger partial charge in [-0.05, 0) is 44.9 Å². The van der Waals surface area contributed by atoms with Gasteiger partial charge in [-0.1, -0.05) is 12.1 Å². The van der Waals surface area contributed by atoms with Crippen LogP contribution in [0.4, 0.5) is 4.79 Å². The van der Waals surface area contributed by atoms with Crippen LogP contribution in [0.2, 0.25) is 0 Å². The molecule has 1 amide bonds. The van der Waals surface area contributed by atoms with E-state index in [1.165, 1.54) is 0 Å². The third kappa shape index (κ3) is 6.35. The molecule has 0 bridgehead atoms. The average molecular weight is 285 g/mol. The molecule has 0 saturated heterocycles. The number of alkyl carbamates (subject to hydrolysis) is 1. The summed E-state index contributed by atoms with van der Waals surface area (Å²) < 4.78 is 25.0. The number of rotatable bonds is 4. The van der Waals surface area contributed by atoms with Crippen molar-refractivity contribution in [1.29, 1.82) is 0 Å². The summed E-state index contributed by atoms with van der Waals surface area (Å²) in [5.74, 6) is 0. The lowest BCUT2D eigenvalue weighted by atomic mass is 10.1. The summed E-state index contributed by atoms with van der Waals surface area (Å²) in [6.07, 6.45) is 0.110. The van der Waals surface area contributed by atoms with Gasteiger partial charge in [-0.15, -0.1) is 0 Å². The van der Waals surface area contributed by atoms with E-state index in [1.54, 1.807) is 39.0 Å². The fourth-order valence-electron chi connectivity index (χ4n) is 1.43. The summed E-state index contributed by atoms with van der Waals surface area (Å²) in [5, 5.41) is 2.64. The molecule has 0 aromatic heterocycles. The van der Waals surface area contributed by atoms with E-state index in [0.717, 1.165) is 5.56 Å². The van der Waals surface area contributed by atoms with Gasteiger partial charge in [0.05, 0.1) is 4.90 Å². The number of carbonyl (C=O) groups excluding carboxylic acids is 1. The minimum absolute atomic E-state index is 0.356. The zero-order valence-electron chi connectivity index (χ0n) is 11.3. The molecular formula is C13H19NO4S. The summed E-state index contributed by atoms with van der Waals surface area (Å²) in [6, 6.07) is 6.78. The van der Waals surface area contributed by atoms with E-state index in [0.29, 0.717) is 17.9 Å². The van der Waals surface area contributed by atoms with Crippen LogP contribution in [0.3, 0.4) is 0 Å². The van der Waals surface area contributed by atoms with Crippen molar-refractivity contribution in [2.75, 3.05) is 6.54 Å². The Morgan fingerprint density at radius 3 is 2.68 bits per heavy atom. The SMILES string of the molecule is CC(C)(C)OC(=O)NCCc1cccc(S(=O)O)c1. The van der Waals surface area contributed by atoms with Gasteiger partial charge >= 0.3 is 6.09 Å². The molecule has 2 N–H and O–H groups in total. The van der Waals surface area contributed by atoms with Gasteiger partial charge in [0, 0.05) is 6.54 Å². The van der Waals surface area contributed by atoms with Crippen molar-refractivity contribution in [3.05, 3.63) is 29.8 Å². The molecule has 0 aliphatic rings. The Kier molecular flexibility index (Phi) is 5.50. The number of hydrogen-bond acceptors (Lipinski definition) is 3. The molecule has 106 valence electrons. The van der Waals surface area contributed by atoms with Crippen LogP contribution in [0.15, 0.2) is 29.2 Å². The first kappa shape index (κ1) is 15.7. The van der Waals surface area contributed by atoms with E-state index >= 15 is 0 Å². The molecule has 5 nitrogen and oxygen atoms in total. The van der Waals surface area contributed by atoms with Crippen LogP contribution >= 0.6 is 0 Å². The minimum Gasteiger partial charge on any atom is -0.444 e. The Bertz CT molecular complexity index is 468. The van der Waals surface area contributed by atoms with Crippen molar-refractivity contribution in [1.82, 2.24) is 5.32 Å². The zero-order valence-corrected chi connectivity index (χ0v) is 12.1. The Hall–Kier alpha value is -1.40. The van der Waals surface area contributed by atoms with E-state index in [4.69, 9.17) is 9.29 Å². The lowest BCUT2D eigenvalue weighted by molar-refractivity contribution is 0.0528. The number of ether oxygens (including phenoxy) is 1. The summed E-state index contributed by atoms with van der Waals surface area (Å²) >= 11 is -1.98. The van der Waals surface area contributed by atoms with Gasteiger partial charge in [0.25, 0.3) is 0 Å². The molecule has 0 aliphatic carbocycles. The summed E-state index contributed by atoms with van der Waals surface area (Å²) in [6.45, 7) is 5.81. The van der Waals surface area contributed by atoms with Crippen LogP contribution in [0.5, 0.6) is 0 Å². The third-order valence-corrected chi connectivity index (χ3v) is 2.84. The molecule has 0 heterocycles. The lowest BCUT2D eigenvalue weighted by Crippen LogP contribution is -2.33. The maximum absolute atomic E-state index is 11.4. The van der Waals surface area contributed by atoms with Crippen LogP contribution in [0, 0.1) is 0 Å². The third-order valence-electron chi connectivity index (χ3n) is 2.18. The predicted octanol–water partition coefficient (Wildman–Crippen LogP) is 2.33. The first-order valence-corrected chi connectivity index (χ1v) is 7.05. The van der Waals surface area contributed by atoms with Crippen LogP contribution in [-0.4, -0.2) is 27.0 Å². The zero-order chi connectivity index (χ0) is 14.5. The standard InChI is InChI=1S/C13H19NO4S/c1-13(2,3)18-12(15)14-8-7-10-5-4-6-11(9-10)19(16)17/h4-6,9H,7-8H2,1-3H3,(H,14,15)(H,16,17). The second-order valence-corrected chi connectivity index (χ2v) is 6.04. The van der Waals surface area contributed by atoms with Gasteiger partial charge in [0.15, 0.2) is 11.1 Å². The highest BCUT2D eigenvalue weighted by Gasteiger charge is 2.15. The summed E-state index contributed by atoms with van der Waals surface area (Å²) in [5.41, 5.74) is 0.369. The largest absolute Gasteiger partial charge is 0.444 e. The normalized spacial score (nSPS) is 12.8. The molecule has 0 saturated carbocycles. The van der Waals surface area contributed by atoms with Gasteiger partial charge in [-0.2, -0.15) is 0 Å². The van der Waals surface area contributed by atoms with Gasteiger partial charge in [0.1, 0.15) is 5.60 Å². The number of hydrogen-bond donors (Lipinski definition) is 2. The molecule has 1 atom stereocenters. The second kappa shape index (κ2) is 6.68. The maximum Gasteiger partial charge on any atom is 0.407 e. The molecule has 1 unspecified atom stereocenters. The molecule has 1 rings (SSSR count). The minimum atomic E-state index is -1.98. The molecular weight excluding hydrogens is 266 g/mol. The molecule has 1 aromatic carbocycles. The Labute approximate surface area is 115 Å². The van der Waals surface area contributed by atoms with E-state index in [1.807, 2.05) is 6.07 Å². The molecule has 0 radical (unpaired) electrons. The predicted molar refractivity (Wildman–Crippen MR) is 73.4 cm³/mol. The smallest absolute Gasteiger partial charge is 0.407 e. The van der Waals surface area contributed by atoms with E-state index < -0.39 is 22.8 Å². The van der Waals surface area contributed by atoms with Gasteiger partial charge in [-0.3, -0.25) is 0 Å². The van der Waals surface area contributed by atoms with Gasteiger partial charge in [-0.25, -0.2) is 9.00 Å². The van der Waals surface area contributed by atoms with Crippen molar-refractivity contribution < 1.29 is 18.3 Å². The first-order chi connectivity index (χ1) is 8.78. The molecule has 1 aromatic rings. The van der Waals surface area contributed by atoms with Crippen LogP contribution in [0.1, 0.15) is 26.3 Å². The van der Waals surface area contributed by atoms with Crippen molar-refractivity contribution in [2.24, 2.45) is 0 Å². The van der Waals surface area contributed by atoms with Crippen LogP contribution < -0.4 is 5.32 Å². The number of amides is 1. The number of benzene rings is 1. The topological polar surface area (TPSA) is 75.6 Å². The van der Waals surface area contributed by atoms with Crippen molar-refractivity contribution in [3.63, 3.8) is 0 Å². The number of carbonyl (C=O) groups is 1. The van der Waals surface area contributed by atoms with Crippen LogP contribution in [0.25, 0.3) is 0 Å². The molecule has 0 aliphatic heterocycles. The monoisotopic (exact) mass is 285 g/mol. The first-order valence-electron chi connectivity index (χ1n) is 5.94. The van der Waals surface area contributed by atoms with Crippen molar-refractivity contribution in [3.8, 4) is 0 Å². The molecule has 0 spiro atoms. The van der Waals surface area contributed by atoms with Crippen LogP contribution in [-0.2, 0) is 22.2 Å².